The quantitative estimate of drug-likeness (QED) is 0.532. The molecule has 0 heterocycles. The molecule has 1 amide bonds. The van der Waals surface area contributed by atoms with Crippen molar-refractivity contribution in [2.24, 2.45) is 0 Å². The molecular weight excluding hydrogens is 350 g/mol. The molecule has 0 aromatic heterocycles. The summed E-state index contributed by atoms with van der Waals surface area (Å²) in [7, 11) is 0. The molecule has 0 unspecified atom stereocenters. The topological polar surface area (TPSA) is 115 Å². The number of carbonyl (C=O) groups is 1. The van der Waals surface area contributed by atoms with Crippen molar-refractivity contribution in [3.05, 3.63) is 98.6 Å². The van der Waals surface area contributed by atoms with Crippen LogP contribution >= 0.6 is 0 Å². The zero-order valence-electron chi connectivity index (χ0n) is 13.9. The molecule has 134 valence electrons. The van der Waals surface area contributed by atoms with Crippen LogP contribution in [-0.4, -0.2) is 15.8 Å². The summed E-state index contributed by atoms with van der Waals surface area (Å²) in [5.41, 5.74) is 2.20. The molecular formula is C19H13N3O5. The Labute approximate surface area is 153 Å². The SMILES string of the molecule is O=C(Nc1ccc(-c2ccc([N+](=O)[O-])cc2)cc1)c1cccc([N+](=O)[O-])c1. The summed E-state index contributed by atoms with van der Waals surface area (Å²) in [5.74, 6) is -0.457. The monoisotopic (exact) mass is 363 g/mol. The van der Waals surface area contributed by atoms with Gasteiger partial charge in [0.2, 0.25) is 0 Å². The third kappa shape index (κ3) is 4.13. The smallest absolute Gasteiger partial charge is 0.270 e. The number of hydrogen-bond acceptors (Lipinski definition) is 5. The molecule has 27 heavy (non-hydrogen) atoms. The van der Waals surface area contributed by atoms with Crippen molar-refractivity contribution in [2.45, 2.75) is 0 Å². The normalized spacial score (nSPS) is 10.2. The van der Waals surface area contributed by atoms with Gasteiger partial charge >= 0.3 is 0 Å². The van der Waals surface area contributed by atoms with E-state index in [4.69, 9.17) is 0 Å². The number of hydrogen-bond donors (Lipinski definition) is 1. The molecule has 0 radical (unpaired) electrons. The number of anilines is 1. The van der Waals surface area contributed by atoms with Crippen LogP contribution in [0, 0.1) is 20.2 Å². The Hall–Kier alpha value is -4.07. The first-order chi connectivity index (χ1) is 12.9. The van der Waals surface area contributed by atoms with Gasteiger partial charge in [0.05, 0.1) is 9.85 Å². The molecule has 0 atom stereocenters. The molecule has 1 N–H and O–H groups in total. The van der Waals surface area contributed by atoms with Gasteiger partial charge in [-0.25, -0.2) is 0 Å². The molecule has 0 saturated heterocycles. The zero-order valence-corrected chi connectivity index (χ0v) is 13.9. The molecule has 3 aromatic rings. The van der Waals surface area contributed by atoms with Gasteiger partial charge in [-0.1, -0.05) is 18.2 Å². The fourth-order valence-corrected chi connectivity index (χ4v) is 2.49. The average Bonchev–Trinajstić information content (AvgIpc) is 2.68. The number of nitrogens with zero attached hydrogens (tertiary/aromatic N) is 2. The summed E-state index contributed by atoms with van der Waals surface area (Å²) < 4.78 is 0. The Kier molecular flexibility index (Phi) is 4.89. The van der Waals surface area contributed by atoms with Crippen molar-refractivity contribution in [3.8, 4) is 11.1 Å². The van der Waals surface area contributed by atoms with E-state index in [0.29, 0.717) is 5.69 Å². The van der Waals surface area contributed by atoms with Crippen LogP contribution in [0.2, 0.25) is 0 Å². The predicted octanol–water partition coefficient (Wildman–Crippen LogP) is 4.42. The van der Waals surface area contributed by atoms with Crippen LogP contribution in [0.5, 0.6) is 0 Å². The van der Waals surface area contributed by atoms with Gasteiger partial charge in [-0.15, -0.1) is 0 Å². The van der Waals surface area contributed by atoms with Gasteiger partial charge in [0, 0.05) is 35.5 Å². The lowest BCUT2D eigenvalue weighted by Crippen LogP contribution is -2.11. The highest BCUT2D eigenvalue weighted by Gasteiger charge is 2.12. The van der Waals surface area contributed by atoms with E-state index >= 15 is 0 Å². The van der Waals surface area contributed by atoms with E-state index in [1.165, 1.54) is 36.4 Å². The minimum Gasteiger partial charge on any atom is -0.322 e. The Morgan fingerprint density at radius 2 is 1.30 bits per heavy atom. The van der Waals surface area contributed by atoms with Gasteiger partial charge in [-0.2, -0.15) is 0 Å². The number of nitro groups is 2. The van der Waals surface area contributed by atoms with E-state index in [9.17, 15) is 25.0 Å². The van der Waals surface area contributed by atoms with Crippen molar-refractivity contribution in [2.75, 3.05) is 5.32 Å². The molecule has 0 saturated carbocycles. The summed E-state index contributed by atoms with van der Waals surface area (Å²) in [5, 5.41) is 24.2. The highest BCUT2D eigenvalue weighted by molar-refractivity contribution is 6.04. The van der Waals surface area contributed by atoms with Gasteiger partial charge in [-0.3, -0.25) is 25.0 Å². The Morgan fingerprint density at radius 3 is 1.85 bits per heavy atom. The van der Waals surface area contributed by atoms with Crippen molar-refractivity contribution in [1.82, 2.24) is 0 Å². The largest absolute Gasteiger partial charge is 0.322 e. The highest BCUT2D eigenvalue weighted by Crippen LogP contribution is 2.24. The zero-order chi connectivity index (χ0) is 19.4. The third-order valence-electron chi connectivity index (χ3n) is 3.87. The maximum absolute atomic E-state index is 12.2. The standard InChI is InChI=1S/C19H13N3O5/c23-19(15-2-1-3-18(12-15)22(26)27)20-16-8-4-13(5-9-16)14-6-10-17(11-7-14)21(24)25/h1-12H,(H,20,23). The van der Waals surface area contributed by atoms with Gasteiger partial charge in [0.15, 0.2) is 0 Å². The third-order valence-corrected chi connectivity index (χ3v) is 3.87. The molecule has 0 fully saturated rings. The van der Waals surface area contributed by atoms with Crippen molar-refractivity contribution in [1.29, 1.82) is 0 Å². The first-order valence-electron chi connectivity index (χ1n) is 7.85. The van der Waals surface area contributed by atoms with Crippen LogP contribution in [-0.2, 0) is 0 Å². The van der Waals surface area contributed by atoms with E-state index in [-0.39, 0.29) is 16.9 Å². The number of nitrogens with one attached hydrogen (secondary N) is 1. The second kappa shape index (κ2) is 7.44. The lowest BCUT2D eigenvalue weighted by molar-refractivity contribution is -0.385. The van der Waals surface area contributed by atoms with Crippen LogP contribution in [0.3, 0.4) is 0 Å². The maximum atomic E-state index is 12.2. The number of amides is 1. The van der Waals surface area contributed by atoms with E-state index in [1.807, 2.05) is 0 Å². The molecule has 3 rings (SSSR count). The number of rotatable bonds is 5. The lowest BCUT2D eigenvalue weighted by atomic mass is 10.0. The Balaban J connectivity index is 1.73. The van der Waals surface area contributed by atoms with Gasteiger partial charge in [0.1, 0.15) is 0 Å². The van der Waals surface area contributed by atoms with Gasteiger partial charge in [0.25, 0.3) is 17.3 Å². The predicted molar refractivity (Wildman–Crippen MR) is 99.6 cm³/mol. The summed E-state index contributed by atoms with van der Waals surface area (Å²) >= 11 is 0. The molecule has 3 aromatic carbocycles. The molecule has 0 aliphatic rings. The molecule has 0 aliphatic carbocycles. The molecule has 0 aliphatic heterocycles. The summed E-state index contributed by atoms with van der Waals surface area (Å²) in [6, 6.07) is 18.5. The number of benzene rings is 3. The Bertz CT molecular complexity index is 1010. The summed E-state index contributed by atoms with van der Waals surface area (Å²) in [6.45, 7) is 0. The van der Waals surface area contributed by atoms with Crippen LogP contribution in [0.15, 0.2) is 72.8 Å². The summed E-state index contributed by atoms with van der Waals surface area (Å²) in [4.78, 5) is 32.7. The number of nitro benzene ring substituents is 2. The minimum atomic E-state index is -0.560. The van der Waals surface area contributed by atoms with E-state index in [1.54, 1.807) is 36.4 Å². The fourth-order valence-electron chi connectivity index (χ4n) is 2.49. The number of carbonyl (C=O) groups excluding carboxylic acids is 1. The minimum absolute atomic E-state index is 0.0135. The van der Waals surface area contributed by atoms with E-state index in [0.717, 1.165) is 11.1 Å². The molecule has 8 nitrogen and oxygen atoms in total. The van der Waals surface area contributed by atoms with Crippen LogP contribution in [0.25, 0.3) is 11.1 Å². The van der Waals surface area contributed by atoms with Gasteiger partial charge < -0.3 is 5.32 Å². The van der Waals surface area contributed by atoms with Crippen LogP contribution < -0.4 is 5.32 Å². The maximum Gasteiger partial charge on any atom is 0.270 e. The average molecular weight is 363 g/mol. The van der Waals surface area contributed by atoms with Crippen LogP contribution in [0.4, 0.5) is 17.1 Å². The lowest BCUT2D eigenvalue weighted by Gasteiger charge is -2.07. The van der Waals surface area contributed by atoms with E-state index in [2.05, 4.69) is 5.32 Å². The summed E-state index contributed by atoms with van der Waals surface area (Å²) in [6.07, 6.45) is 0. The van der Waals surface area contributed by atoms with Crippen LogP contribution in [0.1, 0.15) is 10.4 Å². The van der Waals surface area contributed by atoms with Crippen molar-refractivity contribution in [3.63, 3.8) is 0 Å². The second-order valence-corrected chi connectivity index (χ2v) is 5.64. The fraction of sp³-hybridized carbons (Fsp3) is 0. The van der Waals surface area contributed by atoms with Crippen molar-refractivity contribution >= 4 is 23.0 Å². The molecule has 0 spiro atoms. The van der Waals surface area contributed by atoms with E-state index < -0.39 is 15.8 Å². The first kappa shape index (κ1) is 17.7. The molecule has 8 heteroatoms. The first-order valence-corrected chi connectivity index (χ1v) is 7.85. The highest BCUT2D eigenvalue weighted by atomic mass is 16.6. The Morgan fingerprint density at radius 1 is 0.741 bits per heavy atom. The van der Waals surface area contributed by atoms with Gasteiger partial charge in [-0.05, 0) is 41.5 Å². The second-order valence-electron chi connectivity index (χ2n) is 5.64. The number of non-ortho nitro benzene ring substituents is 2. The molecule has 0 bridgehead atoms. The van der Waals surface area contributed by atoms with Crippen molar-refractivity contribution < 1.29 is 14.6 Å².